The number of nitrogens with zero attached hydrogens (tertiary/aromatic N) is 1. The van der Waals surface area contributed by atoms with Gasteiger partial charge in [0, 0.05) is 16.5 Å². The summed E-state index contributed by atoms with van der Waals surface area (Å²) >= 11 is 1.54. The molecule has 0 saturated carbocycles. The number of rotatable bonds is 5. The van der Waals surface area contributed by atoms with Crippen LogP contribution < -0.4 is 5.32 Å². The Bertz CT molecular complexity index is 666. The van der Waals surface area contributed by atoms with E-state index in [1.807, 2.05) is 18.4 Å². The van der Waals surface area contributed by atoms with Gasteiger partial charge >= 0.3 is 5.97 Å². The highest BCUT2D eigenvalue weighted by Crippen LogP contribution is 2.22. The van der Waals surface area contributed by atoms with Crippen LogP contribution in [0, 0.1) is 6.92 Å². The molecule has 0 fully saturated rings. The smallest absolute Gasteiger partial charge is 0.326 e. The number of aliphatic carboxylic acids is 1. The standard InChI is InChI=1S/C15H16N2O3S/c1-3-12(15(19)20)17-14(18)11-6-4-5-10(7-11)13-8-21-9(2)16-13/h4-8,12H,3H2,1-2H3,(H,17,18)(H,19,20). The van der Waals surface area contributed by atoms with Gasteiger partial charge in [-0.25, -0.2) is 9.78 Å². The number of nitrogens with one attached hydrogen (secondary N) is 1. The lowest BCUT2D eigenvalue weighted by Crippen LogP contribution is -2.40. The monoisotopic (exact) mass is 304 g/mol. The summed E-state index contributed by atoms with van der Waals surface area (Å²) in [6.07, 6.45) is 0.339. The molecule has 0 bridgehead atoms. The molecule has 6 heteroatoms. The van der Waals surface area contributed by atoms with Gasteiger partial charge in [0.25, 0.3) is 5.91 Å². The molecule has 1 heterocycles. The van der Waals surface area contributed by atoms with Crippen molar-refractivity contribution in [2.45, 2.75) is 26.3 Å². The summed E-state index contributed by atoms with van der Waals surface area (Å²) in [5, 5.41) is 14.4. The van der Waals surface area contributed by atoms with Crippen molar-refractivity contribution in [1.82, 2.24) is 10.3 Å². The lowest BCUT2D eigenvalue weighted by atomic mass is 10.1. The fourth-order valence-corrected chi connectivity index (χ4v) is 2.52. The van der Waals surface area contributed by atoms with E-state index in [1.54, 1.807) is 36.5 Å². The zero-order chi connectivity index (χ0) is 15.4. The van der Waals surface area contributed by atoms with Crippen LogP contribution in [0.3, 0.4) is 0 Å². The van der Waals surface area contributed by atoms with Crippen LogP contribution in [0.4, 0.5) is 0 Å². The maximum absolute atomic E-state index is 12.1. The van der Waals surface area contributed by atoms with Crippen LogP contribution in [-0.4, -0.2) is 28.0 Å². The third-order valence-corrected chi connectivity index (χ3v) is 3.82. The summed E-state index contributed by atoms with van der Waals surface area (Å²) < 4.78 is 0. The molecule has 1 unspecified atom stereocenters. The first-order chi connectivity index (χ1) is 10.0. The van der Waals surface area contributed by atoms with Crippen molar-refractivity contribution in [3.05, 3.63) is 40.2 Å². The van der Waals surface area contributed by atoms with Gasteiger partial charge in [-0.15, -0.1) is 11.3 Å². The van der Waals surface area contributed by atoms with E-state index >= 15 is 0 Å². The van der Waals surface area contributed by atoms with Crippen LogP contribution >= 0.6 is 11.3 Å². The maximum Gasteiger partial charge on any atom is 0.326 e. The number of amides is 1. The van der Waals surface area contributed by atoms with Crippen molar-refractivity contribution in [2.24, 2.45) is 0 Å². The van der Waals surface area contributed by atoms with Gasteiger partial charge in [0.1, 0.15) is 6.04 Å². The minimum atomic E-state index is -1.03. The molecule has 0 saturated heterocycles. The van der Waals surface area contributed by atoms with Crippen LogP contribution in [0.5, 0.6) is 0 Å². The number of thiazole rings is 1. The number of carboxylic acids is 1. The SMILES string of the molecule is CCC(NC(=O)c1cccc(-c2csc(C)n2)c1)C(=O)O. The molecule has 0 aliphatic carbocycles. The molecule has 5 nitrogen and oxygen atoms in total. The van der Waals surface area contributed by atoms with Crippen molar-refractivity contribution < 1.29 is 14.7 Å². The quantitative estimate of drug-likeness (QED) is 0.890. The molecule has 0 spiro atoms. The summed E-state index contributed by atoms with van der Waals surface area (Å²) in [5.41, 5.74) is 2.09. The van der Waals surface area contributed by atoms with Crippen LogP contribution in [0.2, 0.25) is 0 Å². The minimum absolute atomic E-state index is 0.339. The Labute approximate surface area is 126 Å². The molecule has 0 aliphatic heterocycles. The molecule has 0 aliphatic rings. The topological polar surface area (TPSA) is 79.3 Å². The highest BCUT2D eigenvalue weighted by atomic mass is 32.1. The second-order valence-electron chi connectivity index (χ2n) is 4.61. The number of carbonyl (C=O) groups excluding carboxylic acids is 1. The number of carbonyl (C=O) groups is 2. The summed E-state index contributed by atoms with van der Waals surface area (Å²) in [7, 11) is 0. The van der Waals surface area contributed by atoms with Crippen molar-refractivity contribution in [1.29, 1.82) is 0 Å². The van der Waals surface area contributed by atoms with Crippen LogP contribution in [0.25, 0.3) is 11.3 Å². The lowest BCUT2D eigenvalue weighted by molar-refractivity contribution is -0.139. The first-order valence-electron chi connectivity index (χ1n) is 6.57. The molecule has 110 valence electrons. The molecular weight excluding hydrogens is 288 g/mol. The highest BCUT2D eigenvalue weighted by molar-refractivity contribution is 7.09. The first kappa shape index (κ1) is 15.2. The predicted octanol–water partition coefficient (Wildman–Crippen LogP) is 2.71. The molecule has 21 heavy (non-hydrogen) atoms. The Morgan fingerprint density at radius 3 is 2.76 bits per heavy atom. The second-order valence-corrected chi connectivity index (χ2v) is 5.67. The van der Waals surface area contributed by atoms with Gasteiger partial charge in [-0.05, 0) is 25.5 Å². The zero-order valence-electron chi connectivity index (χ0n) is 11.8. The number of aryl methyl sites for hydroxylation is 1. The first-order valence-corrected chi connectivity index (χ1v) is 7.45. The van der Waals surface area contributed by atoms with E-state index in [0.717, 1.165) is 16.3 Å². The third-order valence-electron chi connectivity index (χ3n) is 3.05. The van der Waals surface area contributed by atoms with Crippen LogP contribution in [0.1, 0.15) is 28.7 Å². The van der Waals surface area contributed by atoms with Gasteiger partial charge < -0.3 is 10.4 Å². The van der Waals surface area contributed by atoms with Crippen LogP contribution in [-0.2, 0) is 4.79 Å². The zero-order valence-corrected chi connectivity index (χ0v) is 12.6. The lowest BCUT2D eigenvalue weighted by Gasteiger charge is -2.12. The van der Waals surface area contributed by atoms with E-state index in [0.29, 0.717) is 12.0 Å². The van der Waals surface area contributed by atoms with E-state index in [-0.39, 0.29) is 0 Å². The van der Waals surface area contributed by atoms with Gasteiger partial charge in [0.15, 0.2) is 0 Å². The molecule has 2 rings (SSSR count). The number of carboxylic acid groups (broad SMARTS) is 1. The summed E-state index contributed by atoms with van der Waals surface area (Å²) in [4.78, 5) is 27.5. The molecule has 2 aromatic rings. The molecule has 2 N–H and O–H groups in total. The van der Waals surface area contributed by atoms with Crippen molar-refractivity contribution in [3.63, 3.8) is 0 Å². The minimum Gasteiger partial charge on any atom is -0.480 e. The fraction of sp³-hybridized carbons (Fsp3) is 0.267. The Morgan fingerprint density at radius 2 is 2.19 bits per heavy atom. The van der Waals surface area contributed by atoms with Gasteiger partial charge in [0.2, 0.25) is 0 Å². The van der Waals surface area contributed by atoms with Crippen molar-refractivity contribution >= 4 is 23.2 Å². The molecule has 0 radical (unpaired) electrons. The van der Waals surface area contributed by atoms with E-state index in [2.05, 4.69) is 10.3 Å². The summed E-state index contributed by atoms with van der Waals surface area (Å²) in [5.74, 6) is -1.42. The fourth-order valence-electron chi connectivity index (χ4n) is 1.90. The predicted molar refractivity (Wildman–Crippen MR) is 81.5 cm³/mol. The molecule has 1 aromatic carbocycles. The Hall–Kier alpha value is -2.21. The average molecular weight is 304 g/mol. The van der Waals surface area contributed by atoms with Gasteiger partial charge in [-0.3, -0.25) is 4.79 Å². The van der Waals surface area contributed by atoms with Gasteiger partial charge in [0.05, 0.1) is 10.7 Å². The number of aromatic nitrogens is 1. The van der Waals surface area contributed by atoms with Crippen molar-refractivity contribution in [3.8, 4) is 11.3 Å². The normalized spacial score (nSPS) is 11.9. The van der Waals surface area contributed by atoms with E-state index < -0.39 is 17.9 Å². The second kappa shape index (κ2) is 6.49. The third kappa shape index (κ3) is 3.66. The molecule has 1 atom stereocenters. The largest absolute Gasteiger partial charge is 0.480 e. The van der Waals surface area contributed by atoms with Crippen LogP contribution in [0.15, 0.2) is 29.6 Å². The van der Waals surface area contributed by atoms with E-state index in [1.165, 1.54) is 0 Å². The number of hydrogen-bond acceptors (Lipinski definition) is 4. The molecule has 1 amide bonds. The summed E-state index contributed by atoms with van der Waals surface area (Å²) in [6, 6.07) is 6.15. The Kier molecular flexibility index (Phi) is 4.70. The van der Waals surface area contributed by atoms with E-state index in [4.69, 9.17) is 5.11 Å². The maximum atomic E-state index is 12.1. The van der Waals surface area contributed by atoms with Crippen molar-refractivity contribution in [2.75, 3.05) is 0 Å². The Balaban J connectivity index is 2.21. The average Bonchev–Trinajstić information content (AvgIpc) is 2.91. The molecule has 1 aromatic heterocycles. The summed E-state index contributed by atoms with van der Waals surface area (Å²) in [6.45, 7) is 3.64. The Morgan fingerprint density at radius 1 is 1.43 bits per heavy atom. The van der Waals surface area contributed by atoms with E-state index in [9.17, 15) is 9.59 Å². The number of benzene rings is 1. The van der Waals surface area contributed by atoms with Gasteiger partial charge in [-0.1, -0.05) is 19.1 Å². The molecular formula is C15H16N2O3S. The van der Waals surface area contributed by atoms with Gasteiger partial charge in [-0.2, -0.15) is 0 Å². The highest BCUT2D eigenvalue weighted by Gasteiger charge is 2.18. The number of hydrogen-bond donors (Lipinski definition) is 2.